The summed E-state index contributed by atoms with van der Waals surface area (Å²) < 4.78 is 0. The van der Waals surface area contributed by atoms with Crippen LogP contribution >= 0.6 is 0 Å². The number of rotatable bonds is 6. The summed E-state index contributed by atoms with van der Waals surface area (Å²) in [6.07, 6.45) is 8.67. The Balaban J connectivity index is 1.85. The molecule has 0 fully saturated rings. The van der Waals surface area contributed by atoms with Crippen molar-refractivity contribution in [3.63, 3.8) is 0 Å². The molecule has 120 valence electrons. The van der Waals surface area contributed by atoms with Crippen LogP contribution in [0.3, 0.4) is 0 Å². The number of unbranched alkanes of at least 4 members (excludes halogenated alkanes) is 2. The minimum absolute atomic E-state index is 0.635. The summed E-state index contributed by atoms with van der Waals surface area (Å²) in [6.45, 7) is 6.85. The summed E-state index contributed by atoms with van der Waals surface area (Å²) in [7, 11) is 0. The van der Waals surface area contributed by atoms with Crippen LogP contribution in [0, 0.1) is 5.92 Å². The normalized spacial score (nSPS) is 13.3. The molecule has 0 amide bonds. The molecule has 23 heavy (non-hydrogen) atoms. The van der Waals surface area contributed by atoms with E-state index in [-0.39, 0.29) is 0 Å². The molecular formula is C23H28. The van der Waals surface area contributed by atoms with E-state index >= 15 is 0 Å². The molecule has 1 aliphatic carbocycles. The molecule has 0 aliphatic heterocycles. The van der Waals surface area contributed by atoms with Crippen molar-refractivity contribution in [2.24, 2.45) is 5.92 Å². The van der Waals surface area contributed by atoms with E-state index < -0.39 is 0 Å². The van der Waals surface area contributed by atoms with Crippen molar-refractivity contribution in [2.45, 2.75) is 52.9 Å². The van der Waals surface area contributed by atoms with Crippen molar-refractivity contribution in [1.29, 1.82) is 0 Å². The number of hydrogen-bond donors (Lipinski definition) is 0. The van der Waals surface area contributed by atoms with Gasteiger partial charge in [0.25, 0.3) is 0 Å². The molecule has 2 aromatic carbocycles. The first-order chi connectivity index (χ1) is 11.2. The Morgan fingerprint density at radius 1 is 0.957 bits per heavy atom. The molecule has 0 heterocycles. The molecule has 0 aromatic heterocycles. The van der Waals surface area contributed by atoms with E-state index in [1.807, 2.05) is 0 Å². The van der Waals surface area contributed by atoms with E-state index in [0.29, 0.717) is 5.92 Å². The van der Waals surface area contributed by atoms with Crippen LogP contribution in [0.2, 0.25) is 0 Å². The molecule has 3 rings (SSSR count). The zero-order valence-electron chi connectivity index (χ0n) is 14.7. The van der Waals surface area contributed by atoms with Gasteiger partial charge >= 0.3 is 0 Å². The smallest absolute Gasteiger partial charge is 0.00550 e. The van der Waals surface area contributed by atoms with Crippen LogP contribution in [0.5, 0.6) is 0 Å². The summed E-state index contributed by atoms with van der Waals surface area (Å²) in [6, 6.07) is 16.0. The Morgan fingerprint density at radius 3 is 2.43 bits per heavy atom. The van der Waals surface area contributed by atoms with Crippen LogP contribution in [0.4, 0.5) is 0 Å². The van der Waals surface area contributed by atoms with Gasteiger partial charge in [-0.05, 0) is 53.0 Å². The van der Waals surface area contributed by atoms with Crippen LogP contribution in [0.1, 0.15) is 56.7 Å². The molecule has 0 saturated heterocycles. The molecular weight excluding hydrogens is 276 g/mol. The first-order valence-corrected chi connectivity index (χ1v) is 9.10. The summed E-state index contributed by atoms with van der Waals surface area (Å²) in [5, 5.41) is 0. The highest BCUT2D eigenvalue weighted by Gasteiger charge is 2.18. The van der Waals surface area contributed by atoms with E-state index in [0.717, 1.165) is 6.42 Å². The number of benzene rings is 2. The summed E-state index contributed by atoms with van der Waals surface area (Å²) in [4.78, 5) is 0. The van der Waals surface area contributed by atoms with Gasteiger partial charge in [-0.25, -0.2) is 0 Å². The van der Waals surface area contributed by atoms with E-state index in [4.69, 9.17) is 0 Å². The molecule has 0 bridgehead atoms. The second-order valence-corrected chi connectivity index (χ2v) is 7.08. The maximum Gasteiger partial charge on any atom is -0.00550 e. The highest BCUT2D eigenvalue weighted by Crippen LogP contribution is 2.36. The monoisotopic (exact) mass is 304 g/mol. The number of fused-ring (bicyclic) bond motifs is 1. The third kappa shape index (κ3) is 3.58. The fourth-order valence-corrected chi connectivity index (χ4v) is 3.45. The van der Waals surface area contributed by atoms with Gasteiger partial charge in [0.05, 0.1) is 0 Å². The Bertz CT molecular complexity index is 686. The SMILES string of the molecule is CCCCCc1ccc(-c2cccc3c2C=C(C(C)C)C3)cc1. The summed E-state index contributed by atoms with van der Waals surface area (Å²) in [5.41, 5.74) is 8.69. The molecule has 0 heteroatoms. The average molecular weight is 304 g/mol. The van der Waals surface area contributed by atoms with Gasteiger partial charge in [0.2, 0.25) is 0 Å². The van der Waals surface area contributed by atoms with Crippen LogP contribution in [0.15, 0.2) is 48.0 Å². The van der Waals surface area contributed by atoms with E-state index in [1.165, 1.54) is 53.5 Å². The van der Waals surface area contributed by atoms with Gasteiger partial charge < -0.3 is 0 Å². The van der Waals surface area contributed by atoms with E-state index in [1.54, 1.807) is 5.57 Å². The first kappa shape index (κ1) is 16.1. The van der Waals surface area contributed by atoms with Gasteiger partial charge in [-0.3, -0.25) is 0 Å². The molecule has 0 saturated carbocycles. The Hall–Kier alpha value is -1.82. The highest BCUT2D eigenvalue weighted by atomic mass is 14.2. The minimum atomic E-state index is 0.635. The average Bonchev–Trinajstić information content (AvgIpc) is 3.00. The van der Waals surface area contributed by atoms with Gasteiger partial charge in [-0.15, -0.1) is 0 Å². The van der Waals surface area contributed by atoms with Gasteiger partial charge in [-0.2, -0.15) is 0 Å². The van der Waals surface area contributed by atoms with Crippen molar-refractivity contribution < 1.29 is 0 Å². The predicted octanol–water partition coefficient (Wildman–Crippen LogP) is 6.68. The molecule has 0 spiro atoms. The van der Waals surface area contributed by atoms with Crippen LogP contribution < -0.4 is 0 Å². The van der Waals surface area contributed by atoms with Crippen LogP contribution in [-0.2, 0) is 12.8 Å². The fourth-order valence-electron chi connectivity index (χ4n) is 3.45. The largest absolute Gasteiger partial charge is 0.0654 e. The Kier molecular flexibility index (Phi) is 5.00. The number of aryl methyl sites for hydroxylation is 1. The van der Waals surface area contributed by atoms with Gasteiger partial charge in [0, 0.05) is 0 Å². The highest BCUT2D eigenvalue weighted by molar-refractivity contribution is 5.80. The Labute approximate surface area is 141 Å². The van der Waals surface area contributed by atoms with Crippen molar-refractivity contribution in [3.8, 4) is 11.1 Å². The third-order valence-electron chi connectivity index (χ3n) is 5.00. The van der Waals surface area contributed by atoms with Gasteiger partial charge in [-0.1, -0.05) is 87.7 Å². The summed E-state index contributed by atoms with van der Waals surface area (Å²) in [5.74, 6) is 0.635. The molecule has 0 N–H and O–H groups in total. The molecule has 0 atom stereocenters. The maximum atomic E-state index is 2.42. The third-order valence-corrected chi connectivity index (χ3v) is 5.00. The number of allylic oxidation sites excluding steroid dienone is 1. The molecule has 2 aromatic rings. The maximum absolute atomic E-state index is 2.42. The molecule has 1 aliphatic rings. The first-order valence-electron chi connectivity index (χ1n) is 9.10. The second-order valence-electron chi connectivity index (χ2n) is 7.08. The van der Waals surface area contributed by atoms with E-state index in [9.17, 15) is 0 Å². The van der Waals surface area contributed by atoms with Crippen LogP contribution in [-0.4, -0.2) is 0 Å². The molecule has 0 nitrogen and oxygen atoms in total. The van der Waals surface area contributed by atoms with Crippen molar-refractivity contribution in [3.05, 3.63) is 64.7 Å². The fraction of sp³-hybridized carbons (Fsp3) is 0.391. The van der Waals surface area contributed by atoms with Crippen molar-refractivity contribution in [1.82, 2.24) is 0 Å². The van der Waals surface area contributed by atoms with Gasteiger partial charge in [0.15, 0.2) is 0 Å². The molecule has 0 radical (unpaired) electrons. The van der Waals surface area contributed by atoms with Crippen LogP contribution in [0.25, 0.3) is 17.2 Å². The lowest BCUT2D eigenvalue weighted by Crippen LogP contribution is -1.93. The lowest BCUT2D eigenvalue weighted by Gasteiger charge is -2.09. The van der Waals surface area contributed by atoms with Crippen molar-refractivity contribution >= 4 is 6.08 Å². The predicted molar refractivity (Wildman–Crippen MR) is 102 cm³/mol. The lowest BCUT2D eigenvalue weighted by atomic mass is 9.95. The van der Waals surface area contributed by atoms with Gasteiger partial charge in [0.1, 0.15) is 0 Å². The molecule has 0 unspecified atom stereocenters. The van der Waals surface area contributed by atoms with Crippen molar-refractivity contribution in [2.75, 3.05) is 0 Å². The topological polar surface area (TPSA) is 0 Å². The quantitative estimate of drug-likeness (QED) is 0.522. The zero-order valence-corrected chi connectivity index (χ0v) is 14.7. The second kappa shape index (κ2) is 7.17. The standard InChI is InChI=1S/C23H28/c1-4-5-6-8-18-11-13-19(14-12-18)22-10-7-9-20-15-21(17(2)3)16-23(20)22/h7,9-14,16-17H,4-6,8,15H2,1-3H3. The minimum Gasteiger partial charge on any atom is -0.0654 e. The lowest BCUT2D eigenvalue weighted by molar-refractivity contribution is 0.717. The number of hydrogen-bond acceptors (Lipinski definition) is 0. The van der Waals surface area contributed by atoms with E-state index in [2.05, 4.69) is 69.3 Å². The Morgan fingerprint density at radius 2 is 1.74 bits per heavy atom. The zero-order chi connectivity index (χ0) is 16.2. The summed E-state index contributed by atoms with van der Waals surface area (Å²) >= 11 is 0.